The molecule has 0 spiro atoms. The molecule has 2 N–H and O–H groups in total. The lowest BCUT2D eigenvalue weighted by Gasteiger charge is -2.26. The summed E-state index contributed by atoms with van der Waals surface area (Å²) in [6.45, 7) is 4.93. The number of thiophene rings is 1. The second-order valence-electron chi connectivity index (χ2n) is 3.95. The van der Waals surface area contributed by atoms with Crippen molar-refractivity contribution in [3.05, 3.63) is 15.9 Å². The van der Waals surface area contributed by atoms with Gasteiger partial charge >= 0.3 is 0 Å². The molecule has 1 heterocycles. The zero-order chi connectivity index (χ0) is 10.1. The molecule has 0 atom stereocenters. The smallest absolute Gasteiger partial charge is 0.0918 e. The van der Waals surface area contributed by atoms with E-state index in [0.717, 1.165) is 11.0 Å². The van der Waals surface area contributed by atoms with E-state index in [1.807, 2.05) is 13.8 Å². The lowest BCUT2D eigenvalue weighted by atomic mass is 10.1. The number of rotatable bonds is 3. The first-order valence-electron chi connectivity index (χ1n) is 4.12. The van der Waals surface area contributed by atoms with Crippen LogP contribution < -0.4 is 10.6 Å². The highest BCUT2D eigenvalue weighted by Gasteiger charge is 2.15. The molecule has 1 aromatic heterocycles. The Hall–Kier alpha value is -0.0600. The summed E-state index contributed by atoms with van der Waals surface area (Å²) in [6.07, 6.45) is 0. The maximum Gasteiger partial charge on any atom is 0.0918 e. The summed E-state index contributed by atoms with van der Waals surface area (Å²) in [7, 11) is 2.06. The topological polar surface area (TPSA) is 29.3 Å². The minimum Gasteiger partial charge on any atom is -0.365 e. The predicted molar refractivity (Wildman–Crippen MR) is 63.6 cm³/mol. The fourth-order valence-electron chi connectivity index (χ4n) is 1.19. The van der Waals surface area contributed by atoms with Gasteiger partial charge in [0.15, 0.2) is 0 Å². The van der Waals surface area contributed by atoms with E-state index in [0.29, 0.717) is 0 Å². The van der Waals surface area contributed by atoms with E-state index < -0.39 is 0 Å². The molecule has 13 heavy (non-hydrogen) atoms. The Labute approximate surface area is 91.9 Å². The van der Waals surface area contributed by atoms with E-state index in [2.05, 4.69) is 39.3 Å². The lowest BCUT2D eigenvalue weighted by Crippen LogP contribution is -2.43. The van der Waals surface area contributed by atoms with Crippen LogP contribution >= 0.6 is 27.3 Å². The second-order valence-corrected chi connectivity index (χ2v) is 5.75. The highest BCUT2D eigenvalue weighted by atomic mass is 79.9. The van der Waals surface area contributed by atoms with E-state index in [1.165, 1.54) is 5.00 Å². The summed E-state index contributed by atoms with van der Waals surface area (Å²) < 4.78 is 1.13. The Morgan fingerprint density at radius 3 is 2.62 bits per heavy atom. The molecule has 74 valence electrons. The minimum atomic E-state index is -0.148. The Morgan fingerprint density at radius 1 is 1.62 bits per heavy atom. The van der Waals surface area contributed by atoms with Crippen LogP contribution in [0.5, 0.6) is 0 Å². The predicted octanol–water partition coefficient (Wildman–Crippen LogP) is 2.68. The maximum absolute atomic E-state index is 5.93. The van der Waals surface area contributed by atoms with Crippen molar-refractivity contribution in [1.29, 1.82) is 0 Å². The lowest BCUT2D eigenvalue weighted by molar-refractivity contribution is 0.520. The normalized spacial score (nSPS) is 11.8. The van der Waals surface area contributed by atoms with Crippen molar-refractivity contribution in [3.63, 3.8) is 0 Å². The van der Waals surface area contributed by atoms with E-state index >= 15 is 0 Å². The van der Waals surface area contributed by atoms with Crippen LogP contribution in [0.25, 0.3) is 0 Å². The second kappa shape index (κ2) is 3.98. The van der Waals surface area contributed by atoms with Gasteiger partial charge in [-0.15, -0.1) is 11.3 Å². The number of hydrogen-bond acceptors (Lipinski definition) is 3. The molecule has 1 aromatic rings. The molecule has 0 fully saturated rings. The molecule has 1 rings (SSSR count). The molecule has 0 aliphatic rings. The molecule has 2 nitrogen and oxygen atoms in total. The van der Waals surface area contributed by atoms with Gasteiger partial charge in [0.25, 0.3) is 0 Å². The Bertz CT molecular complexity index is 277. The SMILES string of the molecule is CN(CC(C)(C)N)c1cc(Br)cs1. The standard InChI is InChI=1S/C9H15BrN2S/c1-9(2,11)6-12(3)8-4-7(10)5-13-8/h4-5H,6,11H2,1-3H3. The summed E-state index contributed by atoms with van der Waals surface area (Å²) in [5.41, 5.74) is 5.78. The molecule has 0 unspecified atom stereocenters. The summed E-state index contributed by atoms with van der Waals surface area (Å²) in [5, 5.41) is 3.32. The van der Waals surface area contributed by atoms with E-state index in [9.17, 15) is 0 Å². The molecule has 0 radical (unpaired) electrons. The fraction of sp³-hybridized carbons (Fsp3) is 0.556. The first-order valence-corrected chi connectivity index (χ1v) is 5.80. The van der Waals surface area contributed by atoms with Gasteiger partial charge in [0.2, 0.25) is 0 Å². The van der Waals surface area contributed by atoms with Crippen molar-refractivity contribution in [2.24, 2.45) is 5.73 Å². The maximum atomic E-state index is 5.93. The number of likely N-dealkylation sites (N-methyl/N-ethyl adjacent to an activating group) is 1. The Balaban J connectivity index is 2.64. The van der Waals surface area contributed by atoms with E-state index in [-0.39, 0.29) is 5.54 Å². The molecule has 0 saturated heterocycles. The van der Waals surface area contributed by atoms with Crippen LogP contribution in [0.2, 0.25) is 0 Å². The van der Waals surface area contributed by atoms with Crippen LogP contribution in [0.15, 0.2) is 15.9 Å². The van der Waals surface area contributed by atoms with Gasteiger partial charge in [0.1, 0.15) is 0 Å². The third-order valence-electron chi connectivity index (χ3n) is 1.57. The highest BCUT2D eigenvalue weighted by molar-refractivity contribution is 9.10. The van der Waals surface area contributed by atoms with Gasteiger partial charge in [0.05, 0.1) is 5.00 Å². The average Bonchev–Trinajstić information content (AvgIpc) is 2.31. The summed E-state index contributed by atoms with van der Waals surface area (Å²) in [5.74, 6) is 0. The zero-order valence-corrected chi connectivity index (χ0v) is 10.6. The minimum absolute atomic E-state index is 0.148. The quantitative estimate of drug-likeness (QED) is 0.908. The van der Waals surface area contributed by atoms with Crippen LogP contribution in [0.4, 0.5) is 5.00 Å². The third kappa shape index (κ3) is 3.67. The summed E-state index contributed by atoms with van der Waals surface area (Å²) in [6, 6.07) is 2.11. The van der Waals surface area contributed by atoms with Gasteiger partial charge < -0.3 is 10.6 Å². The molecule has 0 aliphatic carbocycles. The number of halogens is 1. The molecule has 0 saturated carbocycles. The van der Waals surface area contributed by atoms with E-state index in [4.69, 9.17) is 5.73 Å². The molecule has 4 heteroatoms. The van der Waals surface area contributed by atoms with Gasteiger partial charge in [-0.3, -0.25) is 0 Å². The third-order valence-corrected chi connectivity index (χ3v) is 3.38. The van der Waals surface area contributed by atoms with Gasteiger partial charge in [-0.25, -0.2) is 0 Å². The van der Waals surface area contributed by atoms with Crippen molar-refractivity contribution in [3.8, 4) is 0 Å². The number of nitrogens with zero attached hydrogens (tertiary/aromatic N) is 1. The monoisotopic (exact) mass is 262 g/mol. The summed E-state index contributed by atoms with van der Waals surface area (Å²) >= 11 is 5.15. The van der Waals surface area contributed by atoms with Gasteiger partial charge in [0, 0.05) is 29.0 Å². The molecule has 0 aromatic carbocycles. The van der Waals surface area contributed by atoms with Crippen molar-refractivity contribution in [2.45, 2.75) is 19.4 Å². The summed E-state index contributed by atoms with van der Waals surface area (Å²) in [4.78, 5) is 2.18. The number of anilines is 1. The van der Waals surface area contributed by atoms with E-state index in [1.54, 1.807) is 11.3 Å². The molecule has 0 amide bonds. The van der Waals surface area contributed by atoms with Crippen LogP contribution in [0.3, 0.4) is 0 Å². The molecular weight excluding hydrogens is 248 g/mol. The first-order chi connectivity index (χ1) is 5.88. The largest absolute Gasteiger partial charge is 0.365 e. The van der Waals surface area contributed by atoms with Crippen LogP contribution in [-0.2, 0) is 0 Å². The van der Waals surface area contributed by atoms with Gasteiger partial charge in [-0.2, -0.15) is 0 Å². The van der Waals surface area contributed by atoms with Crippen molar-refractivity contribution in [2.75, 3.05) is 18.5 Å². The number of nitrogens with two attached hydrogens (primary N) is 1. The van der Waals surface area contributed by atoms with Gasteiger partial charge in [-0.1, -0.05) is 0 Å². The van der Waals surface area contributed by atoms with Crippen LogP contribution in [0.1, 0.15) is 13.8 Å². The Kier molecular flexibility index (Phi) is 3.38. The van der Waals surface area contributed by atoms with Crippen LogP contribution in [0, 0.1) is 0 Å². The highest BCUT2D eigenvalue weighted by Crippen LogP contribution is 2.27. The molecule has 0 bridgehead atoms. The zero-order valence-electron chi connectivity index (χ0n) is 8.17. The molecule has 0 aliphatic heterocycles. The van der Waals surface area contributed by atoms with Crippen molar-refractivity contribution in [1.82, 2.24) is 0 Å². The first kappa shape index (κ1) is 11.0. The van der Waals surface area contributed by atoms with Crippen molar-refractivity contribution >= 4 is 32.3 Å². The molecular formula is C9H15BrN2S. The van der Waals surface area contributed by atoms with Gasteiger partial charge in [-0.05, 0) is 35.8 Å². The van der Waals surface area contributed by atoms with Crippen molar-refractivity contribution < 1.29 is 0 Å². The number of hydrogen-bond donors (Lipinski definition) is 1. The Morgan fingerprint density at radius 2 is 2.23 bits per heavy atom. The van der Waals surface area contributed by atoms with Crippen LogP contribution in [-0.4, -0.2) is 19.1 Å². The fourth-order valence-corrected chi connectivity index (χ4v) is 2.58. The average molecular weight is 263 g/mol.